The summed E-state index contributed by atoms with van der Waals surface area (Å²) >= 11 is 0. The second kappa shape index (κ2) is 12.0. The summed E-state index contributed by atoms with van der Waals surface area (Å²) in [5.74, 6) is 1.51. The normalized spacial score (nSPS) is 28.7. The third-order valence-corrected chi connectivity index (χ3v) is 7.08. The number of likely N-dealkylation sites (tertiary alicyclic amines) is 1. The van der Waals surface area contributed by atoms with Gasteiger partial charge in [0.1, 0.15) is 0 Å². The Kier molecular flexibility index (Phi) is 8.79. The molecule has 1 aromatic rings. The summed E-state index contributed by atoms with van der Waals surface area (Å²) in [4.78, 5) is 10.2. The molecular formula is C25H41N5O2. The zero-order valence-corrected chi connectivity index (χ0v) is 19.8. The van der Waals surface area contributed by atoms with Gasteiger partial charge in [-0.15, -0.1) is 0 Å². The predicted octanol–water partition coefficient (Wildman–Crippen LogP) is 1.94. The smallest absolute Gasteiger partial charge is 0.191 e. The van der Waals surface area contributed by atoms with Gasteiger partial charge < -0.3 is 20.1 Å². The zero-order chi connectivity index (χ0) is 22.2. The van der Waals surface area contributed by atoms with Gasteiger partial charge in [-0.2, -0.15) is 0 Å². The highest BCUT2D eigenvalue weighted by atomic mass is 16.5. The molecular weight excluding hydrogens is 402 g/mol. The van der Waals surface area contributed by atoms with Crippen molar-refractivity contribution in [3.63, 3.8) is 0 Å². The fourth-order valence-electron chi connectivity index (χ4n) is 5.27. The fraction of sp³-hybridized carbons (Fsp3) is 0.720. The molecule has 0 spiro atoms. The van der Waals surface area contributed by atoms with E-state index in [0.717, 1.165) is 84.5 Å². The van der Waals surface area contributed by atoms with Gasteiger partial charge in [0, 0.05) is 63.4 Å². The molecule has 7 heteroatoms. The largest absolute Gasteiger partial charge is 0.381 e. The molecule has 0 aromatic heterocycles. The van der Waals surface area contributed by atoms with Crippen LogP contribution in [0.2, 0.25) is 0 Å². The highest BCUT2D eigenvalue weighted by molar-refractivity contribution is 5.80. The Hall–Kier alpha value is -1.67. The van der Waals surface area contributed by atoms with E-state index < -0.39 is 0 Å². The van der Waals surface area contributed by atoms with E-state index in [-0.39, 0.29) is 0 Å². The second-order valence-electron chi connectivity index (χ2n) is 9.40. The summed E-state index contributed by atoms with van der Waals surface area (Å²) in [6, 6.07) is 12.2. The van der Waals surface area contributed by atoms with Crippen LogP contribution < -0.4 is 10.6 Å². The minimum absolute atomic E-state index is 0.420. The molecule has 3 aliphatic rings. The Morgan fingerprint density at radius 3 is 2.69 bits per heavy atom. The SMILES string of the molecule is CCNC(=NCC(C1CCOC1)N1CCOCC1)NC1CC(C)N(Cc2ccccc2)C1. The van der Waals surface area contributed by atoms with Crippen molar-refractivity contribution in [2.24, 2.45) is 10.9 Å². The van der Waals surface area contributed by atoms with Crippen molar-refractivity contribution in [2.45, 2.75) is 51.4 Å². The van der Waals surface area contributed by atoms with Crippen LogP contribution in [0, 0.1) is 5.92 Å². The molecule has 4 unspecified atom stereocenters. The van der Waals surface area contributed by atoms with Crippen molar-refractivity contribution in [1.82, 2.24) is 20.4 Å². The number of nitrogens with zero attached hydrogens (tertiary/aromatic N) is 3. The van der Waals surface area contributed by atoms with E-state index in [0.29, 0.717) is 24.0 Å². The fourth-order valence-corrected chi connectivity index (χ4v) is 5.27. The number of aliphatic imine (C=N–C) groups is 1. The van der Waals surface area contributed by atoms with Crippen LogP contribution in [0.15, 0.2) is 35.3 Å². The Morgan fingerprint density at radius 2 is 1.97 bits per heavy atom. The van der Waals surface area contributed by atoms with E-state index in [2.05, 4.69) is 64.6 Å². The molecule has 1 aromatic carbocycles. The molecule has 0 bridgehead atoms. The van der Waals surface area contributed by atoms with Gasteiger partial charge in [0.05, 0.1) is 26.4 Å². The summed E-state index contributed by atoms with van der Waals surface area (Å²) in [6.45, 7) is 13.6. The Morgan fingerprint density at radius 1 is 1.16 bits per heavy atom. The second-order valence-corrected chi connectivity index (χ2v) is 9.40. The van der Waals surface area contributed by atoms with Crippen LogP contribution in [0.25, 0.3) is 0 Å². The van der Waals surface area contributed by atoms with Gasteiger partial charge in [0.15, 0.2) is 5.96 Å². The lowest BCUT2D eigenvalue weighted by Crippen LogP contribution is -2.50. The lowest BCUT2D eigenvalue weighted by Gasteiger charge is -2.36. The summed E-state index contributed by atoms with van der Waals surface area (Å²) in [7, 11) is 0. The monoisotopic (exact) mass is 443 g/mol. The lowest BCUT2D eigenvalue weighted by atomic mass is 9.97. The van der Waals surface area contributed by atoms with Gasteiger partial charge in [0.25, 0.3) is 0 Å². The van der Waals surface area contributed by atoms with Crippen molar-refractivity contribution in [2.75, 3.05) is 59.2 Å². The number of ether oxygens (including phenoxy) is 2. The number of rotatable bonds is 8. The first kappa shape index (κ1) is 23.5. The first-order valence-corrected chi connectivity index (χ1v) is 12.4. The molecule has 0 amide bonds. The summed E-state index contributed by atoms with van der Waals surface area (Å²) in [5, 5.41) is 7.22. The summed E-state index contributed by atoms with van der Waals surface area (Å²) in [5.41, 5.74) is 1.38. The molecule has 0 saturated carbocycles. The van der Waals surface area contributed by atoms with E-state index in [1.54, 1.807) is 0 Å². The Balaban J connectivity index is 1.36. The Labute approximate surface area is 193 Å². The molecule has 178 valence electrons. The van der Waals surface area contributed by atoms with Crippen LogP contribution in [0.5, 0.6) is 0 Å². The van der Waals surface area contributed by atoms with E-state index in [1.807, 2.05) is 0 Å². The molecule has 0 aliphatic carbocycles. The maximum atomic E-state index is 5.72. The number of morpholine rings is 1. The standard InChI is InChI=1S/C25H41N5O2/c1-3-26-25(27-16-24(22-9-12-32-19-22)29-10-13-31-14-11-29)28-23-15-20(2)30(18-23)17-21-7-5-4-6-8-21/h4-8,20,22-24H,3,9-19H2,1-2H3,(H2,26,27,28). The molecule has 4 atom stereocenters. The van der Waals surface area contributed by atoms with Crippen molar-refractivity contribution < 1.29 is 9.47 Å². The van der Waals surface area contributed by atoms with E-state index >= 15 is 0 Å². The molecule has 3 fully saturated rings. The molecule has 3 aliphatic heterocycles. The van der Waals surface area contributed by atoms with Gasteiger partial charge in [-0.3, -0.25) is 14.8 Å². The first-order chi connectivity index (χ1) is 15.7. The van der Waals surface area contributed by atoms with Crippen LogP contribution in [0.3, 0.4) is 0 Å². The van der Waals surface area contributed by atoms with E-state index in [1.165, 1.54) is 5.56 Å². The van der Waals surface area contributed by atoms with Crippen molar-refractivity contribution in [1.29, 1.82) is 0 Å². The molecule has 0 radical (unpaired) electrons. The first-order valence-electron chi connectivity index (χ1n) is 12.4. The van der Waals surface area contributed by atoms with Gasteiger partial charge in [-0.05, 0) is 32.3 Å². The van der Waals surface area contributed by atoms with E-state index in [4.69, 9.17) is 14.5 Å². The molecule has 7 nitrogen and oxygen atoms in total. The minimum atomic E-state index is 0.420. The van der Waals surface area contributed by atoms with Crippen LogP contribution in [-0.2, 0) is 16.0 Å². The highest BCUT2D eigenvalue weighted by Crippen LogP contribution is 2.23. The summed E-state index contributed by atoms with van der Waals surface area (Å²) in [6.07, 6.45) is 2.27. The average molecular weight is 444 g/mol. The molecule has 4 rings (SSSR count). The zero-order valence-electron chi connectivity index (χ0n) is 19.8. The minimum Gasteiger partial charge on any atom is -0.381 e. The number of guanidine groups is 1. The lowest BCUT2D eigenvalue weighted by molar-refractivity contribution is 0.00368. The number of hydrogen-bond acceptors (Lipinski definition) is 5. The molecule has 3 heterocycles. The van der Waals surface area contributed by atoms with Crippen LogP contribution in [0.4, 0.5) is 0 Å². The average Bonchev–Trinajstić information content (AvgIpc) is 3.46. The third-order valence-electron chi connectivity index (χ3n) is 7.08. The van der Waals surface area contributed by atoms with Crippen molar-refractivity contribution >= 4 is 5.96 Å². The predicted molar refractivity (Wildman–Crippen MR) is 129 cm³/mol. The van der Waals surface area contributed by atoms with Crippen molar-refractivity contribution in [3.05, 3.63) is 35.9 Å². The Bertz CT molecular complexity index is 704. The topological polar surface area (TPSA) is 61.4 Å². The van der Waals surface area contributed by atoms with Gasteiger partial charge >= 0.3 is 0 Å². The third kappa shape index (κ3) is 6.44. The molecule has 2 N–H and O–H groups in total. The highest BCUT2D eigenvalue weighted by Gasteiger charge is 2.32. The van der Waals surface area contributed by atoms with Gasteiger partial charge in [-0.1, -0.05) is 30.3 Å². The van der Waals surface area contributed by atoms with Gasteiger partial charge in [0.2, 0.25) is 0 Å². The number of benzene rings is 1. The maximum absolute atomic E-state index is 5.72. The molecule has 32 heavy (non-hydrogen) atoms. The van der Waals surface area contributed by atoms with Crippen molar-refractivity contribution in [3.8, 4) is 0 Å². The number of nitrogens with one attached hydrogen (secondary N) is 2. The summed E-state index contributed by atoms with van der Waals surface area (Å²) < 4.78 is 11.3. The number of hydrogen-bond donors (Lipinski definition) is 2. The molecule has 3 saturated heterocycles. The maximum Gasteiger partial charge on any atom is 0.191 e. The van der Waals surface area contributed by atoms with Gasteiger partial charge in [-0.25, -0.2) is 0 Å². The quantitative estimate of drug-likeness (QED) is 0.473. The van der Waals surface area contributed by atoms with Crippen LogP contribution >= 0.6 is 0 Å². The van der Waals surface area contributed by atoms with Crippen LogP contribution in [-0.4, -0.2) is 93.0 Å². The van der Waals surface area contributed by atoms with E-state index in [9.17, 15) is 0 Å². The van der Waals surface area contributed by atoms with Crippen LogP contribution in [0.1, 0.15) is 32.3 Å².